The maximum Gasteiger partial charge on any atom is 0.306 e. The maximum absolute atomic E-state index is 12.9. The number of esters is 3. The first-order chi connectivity index (χ1) is 35.7. The van der Waals surface area contributed by atoms with Gasteiger partial charge in [-0.15, -0.1) is 0 Å². The van der Waals surface area contributed by atoms with Gasteiger partial charge < -0.3 is 14.2 Å². The molecule has 0 heterocycles. The van der Waals surface area contributed by atoms with Crippen LogP contribution in [0.4, 0.5) is 0 Å². The number of hydrogen-bond donors (Lipinski definition) is 0. The molecule has 0 aliphatic rings. The van der Waals surface area contributed by atoms with E-state index in [9.17, 15) is 14.4 Å². The Morgan fingerprint density at radius 2 is 0.479 bits per heavy atom. The van der Waals surface area contributed by atoms with Crippen molar-refractivity contribution in [1.82, 2.24) is 0 Å². The predicted octanol–water partition coefficient (Wildman–Crippen LogP) is 22.2. The van der Waals surface area contributed by atoms with E-state index >= 15 is 0 Å². The van der Waals surface area contributed by atoms with Gasteiger partial charge >= 0.3 is 17.9 Å². The first-order valence-corrected chi connectivity index (χ1v) is 33.2. The fraction of sp³-hybridized carbons (Fsp3) is 0.955. The van der Waals surface area contributed by atoms with Crippen LogP contribution in [0.25, 0.3) is 0 Å². The van der Waals surface area contributed by atoms with Crippen LogP contribution in [0, 0.1) is 17.8 Å². The summed E-state index contributed by atoms with van der Waals surface area (Å²) in [4.78, 5) is 38.3. The lowest BCUT2D eigenvalue weighted by Crippen LogP contribution is -2.30. The van der Waals surface area contributed by atoms with Gasteiger partial charge in [0, 0.05) is 19.3 Å². The van der Waals surface area contributed by atoms with E-state index in [-0.39, 0.29) is 31.1 Å². The summed E-state index contributed by atoms with van der Waals surface area (Å²) in [6, 6.07) is 0. The first-order valence-electron chi connectivity index (χ1n) is 33.2. The zero-order valence-corrected chi connectivity index (χ0v) is 50.4. The van der Waals surface area contributed by atoms with E-state index in [1.54, 1.807) is 0 Å². The molecule has 0 aromatic carbocycles. The SMILES string of the molecule is CCC(C)CCCCCCCCCCCCCCCCCCCCC(=O)OC[C@H](COC(=O)CCCCCCCCCCCCCCCCCCC(C)C)OC(=O)CCCCCCCCCCCCC(C)CC. The van der Waals surface area contributed by atoms with Crippen LogP contribution in [0.1, 0.15) is 375 Å². The monoisotopic (exact) mass is 1030 g/mol. The molecule has 73 heavy (non-hydrogen) atoms. The standard InChI is InChI=1S/C67H130O6/c1-7-62(5)54-48-42-36-30-24-20-16-11-9-10-12-17-21-25-32-38-44-50-56-65(68)71-59-64(73-67(70)58-52-46-40-34-28-27-31-37-43-49-55-63(6)8-2)60-72-66(69)57-51-45-39-33-26-22-18-14-13-15-19-23-29-35-41-47-53-61(3)4/h61-64H,7-60H2,1-6H3/t62?,63?,64-/m1/s1. The minimum atomic E-state index is -0.765. The van der Waals surface area contributed by atoms with Gasteiger partial charge in [0.1, 0.15) is 13.2 Å². The molecular formula is C67H130O6. The van der Waals surface area contributed by atoms with Gasteiger partial charge in [-0.05, 0) is 37.0 Å². The molecule has 0 amide bonds. The summed E-state index contributed by atoms with van der Waals surface area (Å²) in [5.41, 5.74) is 0. The van der Waals surface area contributed by atoms with Gasteiger partial charge in [0.25, 0.3) is 0 Å². The highest BCUT2D eigenvalue weighted by Gasteiger charge is 2.20. The van der Waals surface area contributed by atoms with Crippen LogP contribution in [0.15, 0.2) is 0 Å². The molecule has 434 valence electrons. The Labute approximate surface area is 457 Å². The molecule has 0 aromatic rings. The number of carbonyl (C=O) groups is 3. The highest BCUT2D eigenvalue weighted by Crippen LogP contribution is 2.20. The number of hydrogen-bond acceptors (Lipinski definition) is 6. The largest absolute Gasteiger partial charge is 0.462 e. The van der Waals surface area contributed by atoms with Crippen molar-refractivity contribution < 1.29 is 28.6 Å². The molecule has 0 spiro atoms. The Bertz CT molecular complexity index is 1140. The van der Waals surface area contributed by atoms with Crippen LogP contribution < -0.4 is 0 Å². The summed E-state index contributed by atoms with van der Waals surface area (Å²) >= 11 is 0. The van der Waals surface area contributed by atoms with E-state index in [4.69, 9.17) is 14.2 Å². The lowest BCUT2D eigenvalue weighted by Gasteiger charge is -2.18. The first kappa shape index (κ1) is 71.4. The summed E-state index contributed by atoms with van der Waals surface area (Å²) in [6.45, 7) is 13.9. The average molecular weight is 1030 g/mol. The van der Waals surface area contributed by atoms with Gasteiger partial charge in [0.15, 0.2) is 6.10 Å². The molecule has 6 nitrogen and oxygen atoms in total. The minimum Gasteiger partial charge on any atom is -0.462 e. The Kier molecular flexibility index (Phi) is 56.8. The Morgan fingerprint density at radius 1 is 0.274 bits per heavy atom. The lowest BCUT2D eigenvalue weighted by atomic mass is 9.99. The second-order valence-electron chi connectivity index (χ2n) is 24.1. The van der Waals surface area contributed by atoms with Crippen molar-refractivity contribution in [2.24, 2.45) is 17.8 Å². The molecular weight excluding hydrogens is 901 g/mol. The quantitative estimate of drug-likeness (QED) is 0.0343. The van der Waals surface area contributed by atoms with E-state index in [1.807, 2.05) is 0 Å². The van der Waals surface area contributed by atoms with Gasteiger partial charge in [0.2, 0.25) is 0 Å². The molecule has 0 bridgehead atoms. The summed E-state index contributed by atoms with van der Waals surface area (Å²) in [5.74, 6) is 1.80. The number of rotatable bonds is 60. The van der Waals surface area contributed by atoms with Gasteiger partial charge in [-0.1, -0.05) is 337 Å². The molecule has 0 aromatic heterocycles. The van der Waals surface area contributed by atoms with Crippen molar-refractivity contribution in [3.8, 4) is 0 Å². The van der Waals surface area contributed by atoms with Crippen molar-refractivity contribution in [1.29, 1.82) is 0 Å². The second kappa shape index (κ2) is 58.1. The normalized spacial score (nSPS) is 12.9. The third kappa shape index (κ3) is 57.9. The molecule has 0 saturated heterocycles. The topological polar surface area (TPSA) is 78.9 Å². The van der Waals surface area contributed by atoms with Crippen molar-refractivity contribution in [3.63, 3.8) is 0 Å². The Hall–Kier alpha value is -1.59. The number of ether oxygens (including phenoxy) is 3. The van der Waals surface area contributed by atoms with Crippen molar-refractivity contribution in [2.45, 2.75) is 382 Å². The molecule has 0 radical (unpaired) electrons. The Morgan fingerprint density at radius 3 is 0.712 bits per heavy atom. The minimum absolute atomic E-state index is 0.0626. The zero-order chi connectivity index (χ0) is 53.3. The molecule has 0 fully saturated rings. The molecule has 3 atom stereocenters. The van der Waals surface area contributed by atoms with Gasteiger partial charge in [-0.3, -0.25) is 14.4 Å². The summed E-state index contributed by atoms with van der Waals surface area (Å²) in [5, 5.41) is 0. The smallest absolute Gasteiger partial charge is 0.306 e. The third-order valence-corrected chi connectivity index (χ3v) is 16.1. The lowest BCUT2D eigenvalue weighted by molar-refractivity contribution is -0.167. The molecule has 0 rings (SSSR count). The van der Waals surface area contributed by atoms with E-state index < -0.39 is 6.10 Å². The van der Waals surface area contributed by atoms with E-state index in [2.05, 4.69) is 41.5 Å². The van der Waals surface area contributed by atoms with Crippen LogP contribution >= 0.6 is 0 Å². The van der Waals surface area contributed by atoms with E-state index in [0.29, 0.717) is 19.3 Å². The third-order valence-electron chi connectivity index (χ3n) is 16.1. The molecule has 6 heteroatoms. The van der Waals surface area contributed by atoms with Crippen LogP contribution in [0.2, 0.25) is 0 Å². The molecule has 0 aliphatic carbocycles. The maximum atomic E-state index is 12.9. The molecule has 2 unspecified atom stereocenters. The molecule has 0 N–H and O–H groups in total. The Balaban J connectivity index is 4.25. The van der Waals surface area contributed by atoms with E-state index in [0.717, 1.165) is 75.5 Å². The fourth-order valence-electron chi connectivity index (χ4n) is 10.3. The summed E-state index contributed by atoms with van der Waals surface area (Å²) < 4.78 is 17.0. The predicted molar refractivity (Wildman–Crippen MR) is 316 cm³/mol. The van der Waals surface area contributed by atoms with Gasteiger partial charge in [-0.2, -0.15) is 0 Å². The van der Waals surface area contributed by atoms with Crippen molar-refractivity contribution in [3.05, 3.63) is 0 Å². The van der Waals surface area contributed by atoms with E-state index in [1.165, 1.54) is 257 Å². The van der Waals surface area contributed by atoms with Crippen LogP contribution in [0.5, 0.6) is 0 Å². The molecule has 0 saturated carbocycles. The van der Waals surface area contributed by atoms with Gasteiger partial charge in [-0.25, -0.2) is 0 Å². The summed E-state index contributed by atoms with van der Waals surface area (Å²) in [7, 11) is 0. The molecule has 0 aliphatic heterocycles. The van der Waals surface area contributed by atoms with Crippen molar-refractivity contribution in [2.75, 3.05) is 13.2 Å². The van der Waals surface area contributed by atoms with Crippen molar-refractivity contribution >= 4 is 17.9 Å². The van der Waals surface area contributed by atoms with Gasteiger partial charge in [0.05, 0.1) is 0 Å². The van der Waals surface area contributed by atoms with Crippen LogP contribution in [-0.4, -0.2) is 37.2 Å². The van der Waals surface area contributed by atoms with Crippen LogP contribution in [-0.2, 0) is 28.6 Å². The number of unbranched alkanes of at least 4 members (excludes halogenated alkanes) is 41. The highest BCUT2D eigenvalue weighted by molar-refractivity contribution is 5.71. The zero-order valence-electron chi connectivity index (χ0n) is 50.4. The number of carbonyl (C=O) groups excluding carboxylic acids is 3. The fourth-order valence-corrected chi connectivity index (χ4v) is 10.3. The summed E-state index contributed by atoms with van der Waals surface area (Å²) in [6.07, 6.45) is 63.8. The second-order valence-corrected chi connectivity index (χ2v) is 24.1. The van der Waals surface area contributed by atoms with Crippen LogP contribution in [0.3, 0.4) is 0 Å². The average Bonchev–Trinajstić information content (AvgIpc) is 3.38. The highest BCUT2D eigenvalue weighted by atomic mass is 16.6.